The van der Waals surface area contributed by atoms with E-state index in [4.69, 9.17) is 21.1 Å². The fourth-order valence-electron chi connectivity index (χ4n) is 2.41. The largest absolute Gasteiger partial charge is 0.496 e. The molecule has 0 aliphatic heterocycles. The van der Waals surface area contributed by atoms with Gasteiger partial charge in [0.25, 0.3) is 5.91 Å². The van der Waals surface area contributed by atoms with E-state index in [-0.39, 0.29) is 18.6 Å². The second kappa shape index (κ2) is 8.06. The van der Waals surface area contributed by atoms with Gasteiger partial charge in [-0.1, -0.05) is 29.3 Å². The normalized spacial score (nSPS) is 11.7. The van der Waals surface area contributed by atoms with Crippen LogP contribution < -0.4 is 14.8 Å². The van der Waals surface area contributed by atoms with E-state index in [1.165, 1.54) is 0 Å². The van der Waals surface area contributed by atoms with E-state index in [9.17, 15) is 4.79 Å². The summed E-state index contributed by atoms with van der Waals surface area (Å²) >= 11 is 5.97. The van der Waals surface area contributed by atoms with E-state index in [0.717, 1.165) is 22.4 Å². The Morgan fingerprint density at radius 3 is 2.62 bits per heavy atom. The number of halogens is 1. The van der Waals surface area contributed by atoms with Crippen LogP contribution >= 0.6 is 11.6 Å². The SMILES string of the molecule is COc1ccc(C)cc1[C@H](C)NC(=O)COc1ccc(Cl)c(C)c1. The zero-order valence-corrected chi connectivity index (χ0v) is 15.1. The van der Waals surface area contributed by atoms with Crippen molar-refractivity contribution in [1.82, 2.24) is 5.32 Å². The summed E-state index contributed by atoms with van der Waals surface area (Å²) in [6, 6.07) is 11.0. The molecule has 0 fully saturated rings. The molecule has 0 heterocycles. The molecule has 0 saturated heterocycles. The van der Waals surface area contributed by atoms with Crippen molar-refractivity contribution in [2.75, 3.05) is 13.7 Å². The van der Waals surface area contributed by atoms with Crippen LogP contribution in [0.25, 0.3) is 0 Å². The number of hydrogen-bond donors (Lipinski definition) is 1. The molecule has 128 valence electrons. The molecular weight excluding hydrogens is 326 g/mol. The summed E-state index contributed by atoms with van der Waals surface area (Å²) in [5.74, 6) is 1.18. The second-order valence-corrected chi connectivity index (χ2v) is 6.14. The molecule has 1 N–H and O–H groups in total. The van der Waals surface area contributed by atoms with E-state index in [2.05, 4.69) is 5.32 Å². The lowest BCUT2D eigenvalue weighted by molar-refractivity contribution is -0.123. The van der Waals surface area contributed by atoms with E-state index < -0.39 is 0 Å². The van der Waals surface area contributed by atoms with E-state index in [1.807, 2.05) is 45.0 Å². The minimum absolute atomic E-state index is 0.0560. The number of amides is 1. The Morgan fingerprint density at radius 2 is 1.96 bits per heavy atom. The van der Waals surface area contributed by atoms with Gasteiger partial charge in [0.05, 0.1) is 13.2 Å². The first-order chi connectivity index (χ1) is 11.4. The summed E-state index contributed by atoms with van der Waals surface area (Å²) in [5.41, 5.74) is 2.96. The van der Waals surface area contributed by atoms with Gasteiger partial charge < -0.3 is 14.8 Å². The standard InChI is InChI=1S/C19H22ClNO3/c1-12-5-8-18(23-4)16(9-12)14(3)21-19(22)11-24-15-6-7-17(20)13(2)10-15/h5-10,14H,11H2,1-4H3,(H,21,22)/t14-/m0/s1. The maximum atomic E-state index is 12.1. The Bertz CT molecular complexity index is 731. The summed E-state index contributed by atoms with van der Waals surface area (Å²) in [5, 5.41) is 3.60. The average molecular weight is 348 g/mol. The molecule has 0 spiro atoms. The van der Waals surface area contributed by atoms with Crippen molar-refractivity contribution in [2.24, 2.45) is 0 Å². The van der Waals surface area contributed by atoms with Gasteiger partial charge in [0, 0.05) is 10.6 Å². The zero-order chi connectivity index (χ0) is 17.7. The molecule has 0 aliphatic carbocycles. The Hall–Kier alpha value is -2.20. The minimum atomic E-state index is -0.196. The number of rotatable bonds is 6. The van der Waals surface area contributed by atoms with Crippen LogP contribution in [-0.4, -0.2) is 19.6 Å². The van der Waals surface area contributed by atoms with Gasteiger partial charge in [0.15, 0.2) is 6.61 Å². The zero-order valence-electron chi connectivity index (χ0n) is 14.4. The highest BCUT2D eigenvalue weighted by Gasteiger charge is 2.14. The topological polar surface area (TPSA) is 47.6 Å². The number of ether oxygens (including phenoxy) is 2. The molecule has 0 aliphatic rings. The number of methoxy groups -OCH3 is 1. The minimum Gasteiger partial charge on any atom is -0.496 e. The maximum absolute atomic E-state index is 12.1. The van der Waals surface area contributed by atoms with Gasteiger partial charge in [0.2, 0.25) is 0 Å². The van der Waals surface area contributed by atoms with Crippen LogP contribution in [0.3, 0.4) is 0 Å². The number of carbonyl (C=O) groups excluding carboxylic acids is 1. The molecule has 0 aromatic heterocycles. The number of nitrogens with one attached hydrogen (secondary N) is 1. The first kappa shape index (κ1) is 18.1. The third kappa shape index (κ3) is 4.65. The van der Waals surface area contributed by atoms with E-state index >= 15 is 0 Å². The van der Waals surface area contributed by atoms with Crippen LogP contribution in [0.5, 0.6) is 11.5 Å². The lowest BCUT2D eigenvalue weighted by Gasteiger charge is -2.18. The van der Waals surface area contributed by atoms with Crippen molar-refractivity contribution < 1.29 is 14.3 Å². The van der Waals surface area contributed by atoms with Crippen LogP contribution in [-0.2, 0) is 4.79 Å². The average Bonchev–Trinajstić information content (AvgIpc) is 2.55. The molecule has 2 aromatic rings. The molecule has 0 radical (unpaired) electrons. The first-order valence-corrected chi connectivity index (χ1v) is 8.11. The Balaban J connectivity index is 1.96. The first-order valence-electron chi connectivity index (χ1n) is 7.73. The van der Waals surface area contributed by atoms with Gasteiger partial charge >= 0.3 is 0 Å². The van der Waals surface area contributed by atoms with Gasteiger partial charge in [-0.15, -0.1) is 0 Å². The van der Waals surface area contributed by atoms with Gasteiger partial charge in [-0.05, 0) is 50.6 Å². The number of carbonyl (C=O) groups is 1. The molecule has 0 saturated carbocycles. The smallest absolute Gasteiger partial charge is 0.258 e. The molecule has 2 aromatic carbocycles. The quantitative estimate of drug-likeness (QED) is 0.851. The van der Waals surface area contributed by atoms with Crippen molar-refractivity contribution in [1.29, 1.82) is 0 Å². The summed E-state index contributed by atoms with van der Waals surface area (Å²) in [6.45, 7) is 5.76. The third-order valence-electron chi connectivity index (χ3n) is 3.73. The number of aryl methyl sites for hydroxylation is 2. The summed E-state index contributed by atoms with van der Waals surface area (Å²) in [7, 11) is 1.62. The molecule has 0 unspecified atom stereocenters. The number of hydrogen-bond acceptors (Lipinski definition) is 3. The maximum Gasteiger partial charge on any atom is 0.258 e. The molecule has 4 nitrogen and oxygen atoms in total. The predicted octanol–water partition coefficient (Wildman–Crippen LogP) is 4.22. The van der Waals surface area contributed by atoms with Gasteiger partial charge in [-0.25, -0.2) is 0 Å². The van der Waals surface area contributed by atoms with Crippen LogP contribution in [0.4, 0.5) is 0 Å². The van der Waals surface area contributed by atoms with Crippen LogP contribution in [0.1, 0.15) is 29.7 Å². The van der Waals surface area contributed by atoms with Crippen molar-refractivity contribution in [3.63, 3.8) is 0 Å². The molecule has 1 amide bonds. The van der Waals surface area contributed by atoms with Crippen LogP contribution in [0.15, 0.2) is 36.4 Å². The third-order valence-corrected chi connectivity index (χ3v) is 4.15. The van der Waals surface area contributed by atoms with Crippen molar-refractivity contribution >= 4 is 17.5 Å². The van der Waals surface area contributed by atoms with Crippen LogP contribution in [0.2, 0.25) is 5.02 Å². The summed E-state index contributed by atoms with van der Waals surface area (Å²) in [6.07, 6.45) is 0. The van der Waals surface area contributed by atoms with E-state index in [1.54, 1.807) is 19.2 Å². The Kier molecular flexibility index (Phi) is 6.10. The molecule has 24 heavy (non-hydrogen) atoms. The van der Waals surface area contributed by atoms with E-state index in [0.29, 0.717) is 10.8 Å². The highest BCUT2D eigenvalue weighted by Crippen LogP contribution is 2.26. The van der Waals surface area contributed by atoms with Crippen molar-refractivity contribution in [2.45, 2.75) is 26.8 Å². The summed E-state index contributed by atoms with van der Waals surface area (Å²) < 4.78 is 10.9. The molecular formula is C19H22ClNO3. The van der Waals surface area contributed by atoms with Gasteiger partial charge in [-0.3, -0.25) is 4.79 Å². The lowest BCUT2D eigenvalue weighted by atomic mass is 10.0. The Labute approximate surface area is 147 Å². The molecule has 1 atom stereocenters. The fraction of sp³-hybridized carbons (Fsp3) is 0.316. The second-order valence-electron chi connectivity index (χ2n) is 5.73. The summed E-state index contributed by atoms with van der Waals surface area (Å²) in [4.78, 5) is 12.1. The highest BCUT2D eigenvalue weighted by molar-refractivity contribution is 6.31. The lowest BCUT2D eigenvalue weighted by Crippen LogP contribution is -2.31. The number of benzene rings is 2. The molecule has 5 heteroatoms. The van der Waals surface area contributed by atoms with Crippen molar-refractivity contribution in [3.8, 4) is 11.5 Å². The van der Waals surface area contributed by atoms with Crippen LogP contribution in [0, 0.1) is 13.8 Å². The Morgan fingerprint density at radius 1 is 1.21 bits per heavy atom. The predicted molar refractivity (Wildman–Crippen MR) is 96.0 cm³/mol. The molecule has 2 rings (SSSR count). The fourth-order valence-corrected chi connectivity index (χ4v) is 2.53. The monoisotopic (exact) mass is 347 g/mol. The van der Waals surface area contributed by atoms with Crippen molar-refractivity contribution in [3.05, 3.63) is 58.1 Å². The van der Waals surface area contributed by atoms with Gasteiger partial charge in [-0.2, -0.15) is 0 Å². The molecule has 0 bridgehead atoms. The van der Waals surface area contributed by atoms with Gasteiger partial charge in [0.1, 0.15) is 11.5 Å². The highest BCUT2D eigenvalue weighted by atomic mass is 35.5.